The third kappa shape index (κ3) is 3.94. The zero-order valence-electron chi connectivity index (χ0n) is 14.9. The van der Waals surface area contributed by atoms with Gasteiger partial charge in [0.25, 0.3) is 5.91 Å². The maximum atomic E-state index is 12.5. The highest BCUT2D eigenvalue weighted by atomic mass is 32.2. The van der Waals surface area contributed by atoms with E-state index in [1.807, 2.05) is 66.4 Å². The Balaban J connectivity index is 1.61. The molecule has 7 heteroatoms. The summed E-state index contributed by atoms with van der Waals surface area (Å²) in [5.41, 5.74) is 2.94. The number of sulfone groups is 1. The summed E-state index contributed by atoms with van der Waals surface area (Å²) >= 11 is 1.40. The van der Waals surface area contributed by atoms with Crippen molar-refractivity contribution in [1.29, 1.82) is 0 Å². The molecule has 27 heavy (non-hydrogen) atoms. The fourth-order valence-electron chi connectivity index (χ4n) is 3.48. The molecule has 2 fully saturated rings. The van der Waals surface area contributed by atoms with Crippen LogP contribution in [0.25, 0.3) is 0 Å². The Kier molecular flexibility index (Phi) is 4.82. The van der Waals surface area contributed by atoms with E-state index in [1.165, 1.54) is 11.8 Å². The van der Waals surface area contributed by atoms with Gasteiger partial charge >= 0.3 is 0 Å². The molecule has 0 saturated carbocycles. The van der Waals surface area contributed by atoms with Crippen molar-refractivity contribution in [2.45, 2.75) is 24.6 Å². The number of anilines is 1. The summed E-state index contributed by atoms with van der Waals surface area (Å²) in [5.74, 6) is 0.0202. The summed E-state index contributed by atoms with van der Waals surface area (Å²) in [5, 5.41) is 0.518. The zero-order chi connectivity index (χ0) is 19.0. The minimum Gasteiger partial charge on any atom is -0.316 e. The van der Waals surface area contributed by atoms with E-state index in [2.05, 4.69) is 4.99 Å². The third-order valence-electron chi connectivity index (χ3n) is 4.80. The number of nitrogens with zero attached hydrogens (tertiary/aromatic N) is 2. The fraction of sp³-hybridized carbons (Fsp3) is 0.300. The molecule has 0 radical (unpaired) electrons. The highest BCUT2D eigenvalue weighted by molar-refractivity contribution is 8.16. The minimum atomic E-state index is -3.05. The predicted octanol–water partition coefficient (Wildman–Crippen LogP) is 2.84. The molecule has 2 heterocycles. The van der Waals surface area contributed by atoms with Crippen LogP contribution in [-0.4, -0.2) is 42.3 Å². The number of hydrogen-bond donors (Lipinski definition) is 0. The average Bonchev–Trinajstić information content (AvgIpc) is 3.08. The van der Waals surface area contributed by atoms with E-state index in [1.54, 1.807) is 0 Å². The number of hydrogen-bond acceptors (Lipinski definition) is 4. The van der Waals surface area contributed by atoms with E-state index < -0.39 is 9.84 Å². The molecule has 5 nitrogen and oxygen atoms in total. The van der Waals surface area contributed by atoms with Crippen molar-refractivity contribution < 1.29 is 13.2 Å². The highest BCUT2D eigenvalue weighted by Gasteiger charge is 2.49. The van der Waals surface area contributed by atoms with Gasteiger partial charge in [0.1, 0.15) is 0 Å². The van der Waals surface area contributed by atoms with Crippen LogP contribution in [0.2, 0.25) is 0 Å². The molecule has 2 aromatic carbocycles. The van der Waals surface area contributed by atoms with Crippen LogP contribution < -0.4 is 4.90 Å². The number of carbonyl (C=O) groups is 1. The largest absolute Gasteiger partial charge is 0.316 e. The van der Waals surface area contributed by atoms with E-state index >= 15 is 0 Å². The Morgan fingerprint density at radius 3 is 2.52 bits per heavy atom. The van der Waals surface area contributed by atoms with Crippen molar-refractivity contribution in [3.8, 4) is 0 Å². The maximum Gasteiger partial charge on any atom is 0.252 e. The number of rotatable bonds is 3. The van der Waals surface area contributed by atoms with Gasteiger partial charge in [-0.15, -0.1) is 0 Å². The van der Waals surface area contributed by atoms with Gasteiger partial charge in [-0.1, -0.05) is 59.8 Å². The SMILES string of the molecule is Cc1ccc(CC(=O)N=C2S[C@@H]3CS(=O)(=O)C[C@H]3N2c2ccccc2)cc1. The Labute approximate surface area is 163 Å². The average molecular weight is 401 g/mol. The second kappa shape index (κ2) is 7.13. The normalized spacial score (nSPS) is 24.9. The summed E-state index contributed by atoms with van der Waals surface area (Å²) in [6.07, 6.45) is 0.237. The summed E-state index contributed by atoms with van der Waals surface area (Å²) in [6, 6.07) is 17.2. The predicted molar refractivity (Wildman–Crippen MR) is 110 cm³/mol. The van der Waals surface area contributed by atoms with Gasteiger partial charge in [-0.25, -0.2) is 8.42 Å². The zero-order valence-corrected chi connectivity index (χ0v) is 16.5. The molecule has 0 N–H and O–H groups in total. The van der Waals surface area contributed by atoms with Gasteiger partial charge in [-0.05, 0) is 24.6 Å². The molecular weight excluding hydrogens is 380 g/mol. The lowest BCUT2D eigenvalue weighted by Crippen LogP contribution is -2.37. The molecule has 4 rings (SSSR count). The minimum absolute atomic E-state index is 0.0823. The van der Waals surface area contributed by atoms with E-state index in [0.29, 0.717) is 5.17 Å². The number of amides is 1. The summed E-state index contributed by atoms with van der Waals surface area (Å²) in [7, 11) is -3.05. The Morgan fingerprint density at radius 2 is 1.81 bits per heavy atom. The van der Waals surface area contributed by atoms with Gasteiger partial charge in [0.05, 0.1) is 24.0 Å². The number of thioether (sulfide) groups is 1. The van der Waals surface area contributed by atoms with Crippen LogP contribution in [0.15, 0.2) is 59.6 Å². The van der Waals surface area contributed by atoms with E-state index in [0.717, 1.165) is 16.8 Å². The molecule has 2 atom stereocenters. The molecule has 0 aliphatic carbocycles. The smallest absolute Gasteiger partial charge is 0.252 e. The van der Waals surface area contributed by atoms with Crippen LogP contribution in [0, 0.1) is 6.92 Å². The molecule has 0 aromatic heterocycles. The molecule has 1 amide bonds. The lowest BCUT2D eigenvalue weighted by Gasteiger charge is -2.24. The molecule has 140 valence electrons. The monoisotopic (exact) mass is 400 g/mol. The molecular formula is C20H20N2O3S2. The molecule has 0 bridgehead atoms. The van der Waals surface area contributed by atoms with Crippen molar-refractivity contribution in [3.05, 3.63) is 65.7 Å². The molecule has 0 spiro atoms. The van der Waals surface area contributed by atoms with Gasteiger partial charge < -0.3 is 4.90 Å². The van der Waals surface area contributed by atoms with Crippen molar-refractivity contribution in [3.63, 3.8) is 0 Å². The topological polar surface area (TPSA) is 66.8 Å². The highest BCUT2D eigenvalue weighted by Crippen LogP contribution is 2.40. The number of carbonyl (C=O) groups excluding carboxylic acids is 1. The van der Waals surface area contributed by atoms with Crippen LogP contribution in [0.4, 0.5) is 5.69 Å². The molecule has 2 aliphatic rings. The molecule has 2 aromatic rings. The lowest BCUT2D eigenvalue weighted by atomic mass is 10.1. The Bertz CT molecular complexity index is 986. The van der Waals surface area contributed by atoms with E-state index in [-0.39, 0.29) is 35.1 Å². The first kappa shape index (κ1) is 18.3. The van der Waals surface area contributed by atoms with Gasteiger partial charge in [0.2, 0.25) is 0 Å². The fourth-order valence-corrected chi connectivity index (χ4v) is 7.41. The van der Waals surface area contributed by atoms with Crippen LogP contribution in [0.3, 0.4) is 0 Å². The second-order valence-electron chi connectivity index (χ2n) is 6.96. The van der Waals surface area contributed by atoms with Gasteiger partial charge in [0, 0.05) is 10.9 Å². The first-order valence-electron chi connectivity index (χ1n) is 8.80. The van der Waals surface area contributed by atoms with Gasteiger partial charge in [0.15, 0.2) is 15.0 Å². The van der Waals surface area contributed by atoms with Crippen LogP contribution >= 0.6 is 11.8 Å². The number of para-hydroxylation sites is 1. The van der Waals surface area contributed by atoms with Crippen LogP contribution in [0.1, 0.15) is 11.1 Å². The van der Waals surface area contributed by atoms with Crippen molar-refractivity contribution in [1.82, 2.24) is 0 Å². The first-order chi connectivity index (χ1) is 12.9. The number of fused-ring (bicyclic) bond motifs is 1. The molecule has 2 saturated heterocycles. The van der Waals surface area contributed by atoms with Crippen LogP contribution in [-0.2, 0) is 21.1 Å². The van der Waals surface area contributed by atoms with E-state index in [9.17, 15) is 13.2 Å². The number of aryl methyl sites for hydroxylation is 1. The lowest BCUT2D eigenvalue weighted by molar-refractivity contribution is -0.117. The quantitative estimate of drug-likeness (QED) is 0.793. The number of benzene rings is 2. The third-order valence-corrected chi connectivity index (χ3v) is 8.01. The van der Waals surface area contributed by atoms with Gasteiger partial charge in [-0.2, -0.15) is 4.99 Å². The molecule has 0 unspecified atom stereocenters. The van der Waals surface area contributed by atoms with Gasteiger partial charge in [-0.3, -0.25) is 4.79 Å². The van der Waals surface area contributed by atoms with Crippen molar-refractivity contribution in [2.75, 3.05) is 16.4 Å². The number of amidine groups is 1. The summed E-state index contributed by atoms with van der Waals surface area (Å²) in [6.45, 7) is 2.01. The number of aliphatic imine (C=N–C) groups is 1. The van der Waals surface area contributed by atoms with Crippen LogP contribution in [0.5, 0.6) is 0 Å². The standard InChI is InChI=1S/C20H20N2O3S2/c1-14-7-9-15(10-8-14)11-19(23)21-20-22(16-5-3-2-4-6-16)17-12-27(24,25)13-18(17)26-20/h2-10,17-18H,11-13H2,1H3/t17-,18-/m1/s1. The Hall–Kier alpha value is -2.12. The summed E-state index contributed by atoms with van der Waals surface area (Å²) < 4.78 is 24.1. The Morgan fingerprint density at radius 1 is 1.11 bits per heavy atom. The van der Waals surface area contributed by atoms with Crippen molar-refractivity contribution >= 4 is 38.4 Å². The second-order valence-corrected chi connectivity index (χ2v) is 10.3. The van der Waals surface area contributed by atoms with E-state index in [4.69, 9.17) is 0 Å². The van der Waals surface area contributed by atoms with Crippen molar-refractivity contribution in [2.24, 2.45) is 4.99 Å². The first-order valence-corrected chi connectivity index (χ1v) is 11.5. The molecule has 2 aliphatic heterocycles. The maximum absolute atomic E-state index is 12.5. The summed E-state index contributed by atoms with van der Waals surface area (Å²) in [4.78, 5) is 18.8.